The van der Waals surface area contributed by atoms with Crippen molar-refractivity contribution in [2.75, 3.05) is 11.9 Å². The predicted octanol–water partition coefficient (Wildman–Crippen LogP) is 4.66. The van der Waals surface area contributed by atoms with Crippen LogP contribution in [0.5, 0.6) is 0 Å². The topological polar surface area (TPSA) is 62.3 Å². The van der Waals surface area contributed by atoms with Gasteiger partial charge in [0.25, 0.3) is 5.91 Å². The number of benzene rings is 2. The largest absolute Gasteiger partial charge is 0.337 e. The molecule has 2 heterocycles. The molecule has 30 heavy (non-hydrogen) atoms. The van der Waals surface area contributed by atoms with Gasteiger partial charge in [-0.3, -0.25) is 14.9 Å². The van der Waals surface area contributed by atoms with Crippen molar-refractivity contribution in [1.29, 1.82) is 0 Å². The van der Waals surface area contributed by atoms with Crippen LogP contribution in [0.1, 0.15) is 44.4 Å². The molecule has 1 aliphatic heterocycles. The summed E-state index contributed by atoms with van der Waals surface area (Å²) in [5, 5.41) is 3.99. The van der Waals surface area contributed by atoms with Gasteiger partial charge in [-0.05, 0) is 54.7 Å². The highest BCUT2D eigenvalue weighted by Gasteiger charge is 2.36. The number of aryl methyl sites for hydroxylation is 1. The highest BCUT2D eigenvalue weighted by molar-refractivity contribution is 7.16. The second-order valence-corrected chi connectivity index (χ2v) is 9.18. The van der Waals surface area contributed by atoms with E-state index in [1.165, 1.54) is 22.5 Å². The number of thiazole rings is 1. The van der Waals surface area contributed by atoms with Gasteiger partial charge in [-0.2, -0.15) is 0 Å². The first-order chi connectivity index (χ1) is 14.6. The lowest BCUT2D eigenvalue weighted by Gasteiger charge is -2.30. The first kappa shape index (κ1) is 19.3. The Labute approximate surface area is 183 Å². The van der Waals surface area contributed by atoms with Crippen molar-refractivity contribution in [2.45, 2.75) is 31.7 Å². The molecule has 7 heteroatoms. The van der Waals surface area contributed by atoms with Crippen molar-refractivity contribution in [3.05, 3.63) is 80.8 Å². The summed E-state index contributed by atoms with van der Waals surface area (Å²) in [6.45, 7) is 1.40. The van der Waals surface area contributed by atoms with Gasteiger partial charge in [-0.15, -0.1) is 11.3 Å². The van der Waals surface area contributed by atoms with Crippen molar-refractivity contribution in [1.82, 2.24) is 9.88 Å². The Bertz CT molecular complexity index is 1130. The summed E-state index contributed by atoms with van der Waals surface area (Å²) in [4.78, 5) is 33.4. The molecule has 1 N–H and O–H groups in total. The van der Waals surface area contributed by atoms with Crippen LogP contribution in [0.4, 0.5) is 5.13 Å². The van der Waals surface area contributed by atoms with Crippen LogP contribution in [0.2, 0.25) is 5.02 Å². The van der Waals surface area contributed by atoms with E-state index >= 15 is 0 Å². The Morgan fingerprint density at radius 2 is 1.83 bits per heavy atom. The van der Waals surface area contributed by atoms with E-state index < -0.39 is 0 Å². The van der Waals surface area contributed by atoms with E-state index in [9.17, 15) is 9.59 Å². The molecule has 1 atom stereocenters. The second-order valence-electron chi connectivity index (χ2n) is 7.66. The van der Waals surface area contributed by atoms with Gasteiger partial charge in [-0.1, -0.05) is 35.9 Å². The molecule has 2 aromatic carbocycles. The monoisotopic (exact) mass is 437 g/mol. The quantitative estimate of drug-likeness (QED) is 0.648. The molecule has 5 nitrogen and oxygen atoms in total. The van der Waals surface area contributed by atoms with E-state index in [-0.39, 0.29) is 17.7 Å². The Morgan fingerprint density at radius 1 is 1.07 bits per heavy atom. The standard InChI is InChI=1S/C23H20ClN3O2S/c24-17-7-5-15(6-8-17)21(28)26-23-25-20-18(9-10-19(20)30-23)22(29)27-12-11-14-3-1-2-4-16(14)13-27/h1-8,18H,9-13H2,(H,25,26,28). The molecule has 0 bridgehead atoms. The van der Waals surface area contributed by atoms with Crippen LogP contribution in [0.15, 0.2) is 48.5 Å². The van der Waals surface area contributed by atoms with E-state index in [0.717, 1.165) is 36.4 Å². The van der Waals surface area contributed by atoms with Gasteiger partial charge >= 0.3 is 0 Å². The van der Waals surface area contributed by atoms with Gasteiger partial charge in [0.1, 0.15) is 0 Å². The normalized spacial score (nSPS) is 17.4. The van der Waals surface area contributed by atoms with E-state index in [1.54, 1.807) is 24.3 Å². The molecule has 0 saturated carbocycles. The SMILES string of the molecule is O=C(Nc1nc2c(s1)CCC2C(=O)N1CCc2ccccc2C1)c1ccc(Cl)cc1. The fourth-order valence-corrected chi connectivity index (χ4v) is 5.36. The average Bonchev–Trinajstić information content (AvgIpc) is 3.33. The zero-order valence-electron chi connectivity index (χ0n) is 16.2. The predicted molar refractivity (Wildman–Crippen MR) is 118 cm³/mol. The van der Waals surface area contributed by atoms with Crippen molar-refractivity contribution in [2.24, 2.45) is 0 Å². The van der Waals surface area contributed by atoms with Gasteiger partial charge in [0, 0.05) is 28.6 Å². The highest BCUT2D eigenvalue weighted by Crippen LogP contribution is 2.40. The number of nitrogens with one attached hydrogen (secondary N) is 1. The molecule has 152 valence electrons. The molecular weight excluding hydrogens is 418 g/mol. The molecule has 3 aromatic rings. The summed E-state index contributed by atoms with van der Waals surface area (Å²) in [6.07, 6.45) is 2.50. The number of aromatic nitrogens is 1. The van der Waals surface area contributed by atoms with Crippen LogP contribution < -0.4 is 5.32 Å². The lowest BCUT2D eigenvalue weighted by molar-refractivity contribution is -0.133. The van der Waals surface area contributed by atoms with Gasteiger partial charge in [-0.25, -0.2) is 4.98 Å². The Kier molecular flexibility index (Phi) is 5.05. The molecule has 0 fully saturated rings. The Balaban J connectivity index is 1.30. The Morgan fingerprint density at radius 3 is 2.63 bits per heavy atom. The first-order valence-electron chi connectivity index (χ1n) is 10.0. The summed E-state index contributed by atoms with van der Waals surface area (Å²) in [5.41, 5.74) is 3.91. The highest BCUT2D eigenvalue weighted by atomic mass is 35.5. The number of halogens is 1. The van der Waals surface area contributed by atoms with Crippen molar-refractivity contribution < 1.29 is 9.59 Å². The molecule has 2 amide bonds. The number of carbonyl (C=O) groups is 2. The van der Waals surface area contributed by atoms with E-state index in [0.29, 0.717) is 22.3 Å². The molecule has 5 rings (SSSR count). The fraction of sp³-hybridized carbons (Fsp3) is 0.261. The lowest BCUT2D eigenvalue weighted by Crippen LogP contribution is -2.38. The minimum Gasteiger partial charge on any atom is -0.337 e. The number of carbonyl (C=O) groups excluding carboxylic acids is 2. The van der Waals surface area contributed by atoms with E-state index in [1.807, 2.05) is 11.0 Å². The lowest BCUT2D eigenvalue weighted by atomic mass is 9.97. The minimum absolute atomic E-state index is 0.143. The van der Waals surface area contributed by atoms with Crippen molar-refractivity contribution in [3.63, 3.8) is 0 Å². The van der Waals surface area contributed by atoms with Crippen LogP contribution in [0, 0.1) is 0 Å². The summed E-state index contributed by atoms with van der Waals surface area (Å²) in [7, 11) is 0. The third-order valence-electron chi connectivity index (χ3n) is 5.78. The zero-order chi connectivity index (χ0) is 20.7. The van der Waals surface area contributed by atoms with Crippen LogP contribution in [0.3, 0.4) is 0 Å². The maximum atomic E-state index is 13.2. The van der Waals surface area contributed by atoms with Crippen LogP contribution in [-0.2, 0) is 24.2 Å². The van der Waals surface area contributed by atoms with Gasteiger partial charge in [0.2, 0.25) is 5.91 Å². The molecule has 0 radical (unpaired) electrons. The number of amides is 2. The molecule has 0 saturated heterocycles. The molecule has 1 unspecified atom stereocenters. The average molecular weight is 438 g/mol. The second kappa shape index (κ2) is 7.85. The third-order valence-corrected chi connectivity index (χ3v) is 7.08. The molecule has 2 aliphatic rings. The molecule has 1 aromatic heterocycles. The molecule has 1 aliphatic carbocycles. The van der Waals surface area contributed by atoms with Gasteiger partial charge in [0.15, 0.2) is 5.13 Å². The van der Waals surface area contributed by atoms with Gasteiger partial charge < -0.3 is 4.90 Å². The van der Waals surface area contributed by atoms with Crippen LogP contribution in [-0.4, -0.2) is 28.2 Å². The number of nitrogens with zero attached hydrogens (tertiary/aromatic N) is 2. The smallest absolute Gasteiger partial charge is 0.257 e. The fourth-order valence-electron chi connectivity index (χ4n) is 4.20. The van der Waals surface area contributed by atoms with Gasteiger partial charge in [0.05, 0.1) is 11.6 Å². The van der Waals surface area contributed by atoms with Crippen LogP contribution in [0.25, 0.3) is 0 Å². The maximum Gasteiger partial charge on any atom is 0.257 e. The number of fused-ring (bicyclic) bond motifs is 2. The van der Waals surface area contributed by atoms with E-state index in [2.05, 4.69) is 28.5 Å². The summed E-state index contributed by atoms with van der Waals surface area (Å²) in [5.74, 6) is -0.304. The third kappa shape index (κ3) is 3.61. The minimum atomic E-state index is -0.227. The number of hydrogen-bond donors (Lipinski definition) is 1. The van der Waals surface area contributed by atoms with E-state index in [4.69, 9.17) is 11.6 Å². The number of anilines is 1. The zero-order valence-corrected chi connectivity index (χ0v) is 17.8. The maximum absolute atomic E-state index is 13.2. The van der Waals surface area contributed by atoms with Crippen LogP contribution >= 0.6 is 22.9 Å². The van der Waals surface area contributed by atoms with Crippen molar-refractivity contribution >= 4 is 39.9 Å². The first-order valence-corrected chi connectivity index (χ1v) is 11.2. The van der Waals surface area contributed by atoms with Crippen molar-refractivity contribution in [3.8, 4) is 0 Å². The molecule has 0 spiro atoms. The Hall–Kier alpha value is -2.70. The summed E-state index contributed by atoms with van der Waals surface area (Å²) >= 11 is 7.35. The summed E-state index contributed by atoms with van der Waals surface area (Å²) < 4.78 is 0. The number of hydrogen-bond acceptors (Lipinski definition) is 4. The summed E-state index contributed by atoms with van der Waals surface area (Å²) in [6, 6.07) is 15.0. The number of rotatable bonds is 3. The molecular formula is C23H20ClN3O2S.